The van der Waals surface area contributed by atoms with Gasteiger partial charge in [0, 0.05) is 29.5 Å². The summed E-state index contributed by atoms with van der Waals surface area (Å²) in [5, 5.41) is 8.90. The Kier molecular flexibility index (Phi) is 4.85. The maximum absolute atomic E-state index is 12.7. The average Bonchev–Trinajstić information content (AvgIpc) is 3.20. The molecular weight excluding hydrogens is 336 g/mol. The van der Waals surface area contributed by atoms with Crippen LogP contribution >= 0.6 is 11.3 Å². The highest BCUT2D eigenvalue weighted by Crippen LogP contribution is 2.19. The van der Waals surface area contributed by atoms with Crippen molar-refractivity contribution in [3.8, 4) is 0 Å². The van der Waals surface area contributed by atoms with Crippen molar-refractivity contribution in [2.75, 3.05) is 5.32 Å². The van der Waals surface area contributed by atoms with E-state index in [1.54, 1.807) is 11.6 Å². The molecule has 0 aliphatic rings. The minimum atomic E-state index is -0.644. The maximum atomic E-state index is 12.7. The minimum Gasteiger partial charge on any atom is -0.340 e. The topological polar surface area (TPSA) is 76.0 Å². The molecule has 0 aliphatic carbocycles. The number of rotatable bonds is 5. The van der Waals surface area contributed by atoms with Crippen LogP contribution in [0.1, 0.15) is 24.3 Å². The van der Waals surface area contributed by atoms with E-state index in [9.17, 15) is 9.59 Å². The van der Waals surface area contributed by atoms with Crippen LogP contribution in [-0.4, -0.2) is 27.4 Å². The number of fused-ring (bicyclic) bond motifs is 1. The van der Waals surface area contributed by atoms with Gasteiger partial charge in [0.1, 0.15) is 11.7 Å². The Morgan fingerprint density at radius 2 is 2.00 bits per heavy atom. The molecule has 1 atom stereocenters. The fourth-order valence-electron chi connectivity index (χ4n) is 2.73. The van der Waals surface area contributed by atoms with E-state index in [0.717, 1.165) is 10.9 Å². The Balaban J connectivity index is 1.80. The number of nitrogens with one attached hydrogen (secondary N) is 2. The summed E-state index contributed by atoms with van der Waals surface area (Å²) in [6.45, 7) is 3.79. The molecule has 2 aromatic heterocycles. The number of benzene rings is 1. The number of amides is 2. The molecule has 0 unspecified atom stereocenters. The van der Waals surface area contributed by atoms with Gasteiger partial charge in [0.15, 0.2) is 5.13 Å². The number of thiazole rings is 1. The zero-order valence-corrected chi connectivity index (χ0v) is 15.1. The van der Waals surface area contributed by atoms with Gasteiger partial charge in [0.25, 0.3) is 5.91 Å². The third kappa shape index (κ3) is 3.56. The van der Waals surface area contributed by atoms with E-state index >= 15 is 0 Å². The Bertz CT molecular complexity index is 899. The second-order valence-electron chi connectivity index (χ2n) is 6.17. The highest BCUT2D eigenvalue weighted by atomic mass is 32.1. The number of carbonyl (C=O) groups excluding carboxylic acids is 2. The van der Waals surface area contributed by atoms with Crippen molar-refractivity contribution in [3.05, 3.63) is 47.6 Å². The smallest absolute Gasteiger partial charge is 0.268 e. The molecule has 0 saturated carbocycles. The lowest BCUT2D eigenvalue weighted by atomic mass is 10.0. The summed E-state index contributed by atoms with van der Waals surface area (Å²) in [5.74, 6) is -0.595. The standard InChI is InChI=1S/C18H20N4O2S/c1-11(2)15(17(24)21-18-19-8-9-25-18)20-16(23)14-10-12-6-4-5-7-13(12)22(14)3/h4-11,15H,1-3H3,(H,20,23)(H,19,21,24)/t15-/m0/s1. The Morgan fingerprint density at radius 1 is 1.24 bits per heavy atom. The quantitative estimate of drug-likeness (QED) is 0.738. The second-order valence-corrected chi connectivity index (χ2v) is 7.06. The van der Waals surface area contributed by atoms with Crippen molar-refractivity contribution < 1.29 is 9.59 Å². The van der Waals surface area contributed by atoms with Gasteiger partial charge in [0.2, 0.25) is 5.91 Å². The predicted molar refractivity (Wildman–Crippen MR) is 99.8 cm³/mol. The van der Waals surface area contributed by atoms with Gasteiger partial charge >= 0.3 is 0 Å². The lowest BCUT2D eigenvalue weighted by Crippen LogP contribution is -2.47. The number of hydrogen-bond donors (Lipinski definition) is 2. The third-order valence-electron chi connectivity index (χ3n) is 4.08. The van der Waals surface area contributed by atoms with Gasteiger partial charge in [-0.25, -0.2) is 4.98 Å². The van der Waals surface area contributed by atoms with Gasteiger partial charge < -0.3 is 15.2 Å². The fourth-order valence-corrected chi connectivity index (χ4v) is 3.26. The molecule has 25 heavy (non-hydrogen) atoms. The second kappa shape index (κ2) is 7.06. The lowest BCUT2D eigenvalue weighted by molar-refractivity contribution is -0.118. The average molecular weight is 356 g/mol. The van der Waals surface area contributed by atoms with Gasteiger partial charge in [-0.2, -0.15) is 0 Å². The first-order valence-corrected chi connectivity index (χ1v) is 8.91. The van der Waals surface area contributed by atoms with Crippen molar-refractivity contribution in [1.82, 2.24) is 14.9 Å². The van der Waals surface area contributed by atoms with E-state index in [4.69, 9.17) is 0 Å². The molecule has 0 fully saturated rings. The number of nitrogens with zero attached hydrogens (tertiary/aromatic N) is 2. The summed E-state index contributed by atoms with van der Waals surface area (Å²) >= 11 is 1.34. The molecule has 3 aromatic rings. The normalized spacial score (nSPS) is 12.3. The van der Waals surface area contributed by atoms with Gasteiger partial charge in [-0.1, -0.05) is 32.0 Å². The van der Waals surface area contributed by atoms with E-state index in [2.05, 4.69) is 15.6 Å². The molecule has 0 radical (unpaired) electrons. The number of anilines is 1. The molecule has 2 N–H and O–H groups in total. The molecule has 0 bridgehead atoms. The van der Waals surface area contributed by atoms with Crippen LogP contribution in [0.15, 0.2) is 41.9 Å². The van der Waals surface area contributed by atoms with Crippen molar-refractivity contribution in [1.29, 1.82) is 0 Å². The van der Waals surface area contributed by atoms with Crippen LogP contribution < -0.4 is 10.6 Å². The molecule has 3 rings (SSSR count). The maximum Gasteiger partial charge on any atom is 0.268 e. The van der Waals surface area contributed by atoms with Crippen molar-refractivity contribution in [2.45, 2.75) is 19.9 Å². The van der Waals surface area contributed by atoms with Gasteiger partial charge in [-0.3, -0.25) is 9.59 Å². The number of aromatic nitrogens is 2. The van der Waals surface area contributed by atoms with Gasteiger partial charge in [-0.15, -0.1) is 11.3 Å². The van der Waals surface area contributed by atoms with E-state index in [0.29, 0.717) is 10.8 Å². The molecule has 1 aromatic carbocycles. The summed E-state index contributed by atoms with van der Waals surface area (Å²) in [5.41, 5.74) is 1.50. The zero-order valence-electron chi connectivity index (χ0n) is 14.3. The minimum absolute atomic E-state index is 0.0569. The molecular formula is C18H20N4O2S. The number of aryl methyl sites for hydroxylation is 1. The van der Waals surface area contributed by atoms with E-state index in [1.807, 2.05) is 55.8 Å². The van der Waals surface area contributed by atoms with Crippen molar-refractivity contribution >= 4 is 39.2 Å². The van der Waals surface area contributed by atoms with Gasteiger partial charge in [0.05, 0.1) is 0 Å². The third-order valence-corrected chi connectivity index (χ3v) is 4.77. The molecule has 2 amide bonds. The van der Waals surface area contributed by atoms with Crippen LogP contribution in [0, 0.1) is 5.92 Å². The van der Waals surface area contributed by atoms with Crippen LogP contribution in [0.2, 0.25) is 0 Å². The molecule has 0 aliphatic heterocycles. The largest absolute Gasteiger partial charge is 0.340 e. The Labute approximate surface area is 149 Å². The van der Waals surface area contributed by atoms with Crippen molar-refractivity contribution in [2.24, 2.45) is 13.0 Å². The highest BCUT2D eigenvalue weighted by molar-refractivity contribution is 7.13. The van der Waals surface area contributed by atoms with Crippen LogP contribution in [0.25, 0.3) is 10.9 Å². The molecule has 130 valence electrons. The first kappa shape index (κ1) is 17.2. The molecule has 2 heterocycles. The number of para-hydroxylation sites is 1. The molecule has 7 heteroatoms. The molecule has 0 spiro atoms. The first-order chi connectivity index (χ1) is 12.0. The summed E-state index contributed by atoms with van der Waals surface area (Å²) in [6, 6.07) is 8.98. The number of carbonyl (C=O) groups is 2. The SMILES string of the molecule is CC(C)[C@H](NC(=O)c1cc2ccccc2n1C)C(=O)Nc1nccs1. The zero-order chi connectivity index (χ0) is 18.0. The van der Waals surface area contributed by atoms with E-state index in [-0.39, 0.29) is 17.7 Å². The summed E-state index contributed by atoms with van der Waals surface area (Å²) < 4.78 is 1.83. The van der Waals surface area contributed by atoms with Crippen LogP contribution in [0.3, 0.4) is 0 Å². The monoisotopic (exact) mass is 356 g/mol. The summed E-state index contributed by atoms with van der Waals surface area (Å²) in [7, 11) is 1.84. The van der Waals surface area contributed by atoms with Crippen LogP contribution in [-0.2, 0) is 11.8 Å². The van der Waals surface area contributed by atoms with Crippen LogP contribution in [0.4, 0.5) is 5.13 Å². The van der Waals surface area contributed by atoms with Gasteiger partial charge in [-0.05, 0) is 18.1 Å². The molecule has 0 saturated heterocycles. The number of hydrogen-bond acceptors (Lipinski definition) is 4. The predicted octanol–water partition coefficient (Wildman–Crippen LogP) is 3.03. The van der Waals surface area contributed by atoms with E-state index < -0.39 is 6.04 Å². The first-order valence-electron chi connectivity index (χ1n) is 8.03. The highest BCUT2D eigenvalue weighted by Gasteiger charge is 2.26. The van der Waals surface area contributed by atoms with E-state index in [1.165, 1.54) is 11.3 Å². The van der Waals surface area contributed by atoms with Crippen molar-refractivity contribution in [3.63, 3.8) is 0 Å². The lowest BCUT2D eigenvalue weighted by Gasteiger charge is -2.21. The molecule has 6 nitrogen and oxygen atoms in total. The summed E-state index contributed by atoms with van der Waals surface area (Å²) in [4.78, 5) is 29.3. The fraction of sp³-hybridized carbons (Fsp3) is 0.278. The van der Waals surface area contributed by atoms with Crippen LogP contribution in [0.5, 0.6) is 0 Å². The summed E-state index contributed by atoms with van der Waals surface area (Å²) in [6.07, 6.45) is 1.62. The Hall–Kier alpha value is -2.67. The Morgan fingerprint density at radius 3 is 2.64 bits per heavy atom.